The van der Waals surface area contributed by atoms with Crippen molar-refractivity contribution in [2.75, 3.05) is 0 Å². The quantitative estimate of drug-likeness (QED) is 0.616. The summed E-state index contributed by atoms with van der Waals surface area (Å²) in [5.41, 5.74) is 1.90. The molecule has 0 radical (unpaired) electrons. The van der Waals surface area contributed by atoms with Crippen molar-refractivity contribution in [1.29, 1.82) is 0 Å². The van der Waals surface area contributed by atoms with E-state index in [9.17, 15) is 9.59 Å². The van der Waals surface area contributed by atoms with Crippen LogP contribution in [0.15, 0.2) is 18.2 Å². The molecule has 2 rings (SSSR count). The Hall–Kier alpha value is -2.08. The summed E-state index contributed by atoms with van der Waals surface area (Å²) in [5.74, 6) is 2.41. The molecule has 0 heterocycles. The second-order valence-electron chi connectivity index (χ2n) is 5.02. The highest BCUT2D eigenvalue weighted by molar-refractivity contribution is 6.29. The number of ketones is 2. The highest BCUT2D eigenvalue weighted by Gasteiger charge is 2.41. The van der Waals surface area contributed by atoms with Crippen molar-refractivity contribution in [3.63, 3.8) is 0 Å². The van der Waals surface area contributed by atoms with Gasteiger partial charge in [-0.3, -0.25) is 9.59 Å². The second-order valence-corrected chi connectivity index (χ2v) is 5.02. The van der Waals surface area contributed by atoms with Crippen LogP contribution < -0.4 is 0 Å². The van der Waals surface area contributed by atoms with E-state index in [-0.39, 0.29) is 11.6 Å². The number of rotatable bonds is 3. The molecule has 1 aromatic rings. The number of hydrogen-bond acceptors (Lipinski definition) is 3. The van der Waals surface area contributed by atoms with Crippen LogP contribution >= 0.6 is 0 Å². The molecule has 1 aliphatic rings. The first kappa shape index (κ1) is 13.4. The summed E-state index contributed by atoms with van der Waals surface area (Å²) >= 11 is 0. The SMILES string of the molecule is CC#COC1C(=O)c2cccc(CC(C)C)c2C1=O. The van der Waals surface area contributed by atoms with Gasteiger partial charge < -0.3 is 4.74 Å². The normalized spacial score (nSPS) is 17.2. The Bertz CT molecular complexity index is 588. The lowest BCUT2D eigenvalue weighted by Gasteiger charge is -2.09. The number of benzene rings is 1. The Kier molecular flexibility index (Phi) is 3.71. The van der Waals surface area contributed by atoms with Crippen LogP contribution in [0.3, 0.4) is 0 Å². The maximum absolute atomic E-state index is 12.3. The molecule has 0 saturated heterocycles. The van der Waals surface area contributed by atoms with Crippen LogP contribution in [0.1, 0.15) is 47.1 Å². The first-order valence-corrected chi connectivity index (χ1v) is 6.34. The fourth-order valence-corrected chi connectivity index (χ4v) is 2.32. The monoisotopic (exact) mass is 256 g/mol. The molecule has 0 fully saturated rings. The summed E-state index contributed by atoms with van der Waals surface area (Å²) in [6, 6.07) is 5.40. The Balaban J connectivity index is 2.43. The molecule has 0 aromatic heterocycles. The highest BCUT2D eigenvalue weighted by Crippen LogP contribution is 2.28. The fraction of sp³-hybridized carbons (Fsp3) is 0.375. The third-order valence-electron chi connectivity index (χ3n) is 3.05. The Morgan fingerprint density at radius 3 is 2.63 bits per heavy atom. The summed E-state index contributed by atoms with van der Waals surface area (Å²) in [6.07, 6.45) is 2.04. The summed E-state index contributed by atoms with van der Waals surface area (Å²) in [7, 11) is 0. The molecule has 0 N–H and O–H groups in total. The zero-order valence-electron chi connectivity index (χ0n) is 11.3. The third-order valence-corrected chi connectivity index (χ3v) is 3.05. The minimum absolute atomic E-state index is 0.265. The molecule has 3 heteroatoms. The van der Waals surface area contributed by atoms with E-state index in [1.54, 1.807) is 13.0 Å². The largest absolute Gasteiger partial charge is 0.426 e. The predicted molar refractivity (Wildman–Crippen MR) is 72.0 cm³/mol. The lowest BCUT2D eigenvalue weighted by atomic mass is 9.95. The van der Waals surface area contributed by atoms with Gasteiger partial charge in [0.15, 0.2) is 0 Å². The number of fused-ring (bicyclic) bond motifs is 1. The van der Waals surface area contributed by atoms with Gasteiger partial charge in [0.25, 0.3) is 0 Å². The zero-order chi connectivity index (χ0) is 14.0. The first-order chi connectivity index (χ1) is 9.06. The minimum Gasteiger partial charge on any atom is -0.426 e. The molecule has 0 amide bonds. The topological polar surface area (TPSA) is 43.4 Å². The molecule has 0 saturated carbocycles. The average Bonchev–Trinajstić information content (AvgIpc) is 2.60. The second kappa shape index (κ2) is 5.27. The summed E-state index contributed by atoms with van der Waals surface area (Å²) in [5, 5.41) is 0. The van der Waals surface area contributed by atoms with Crippen molar-refractivity contribution in [3.8, 4) is 12.0 Å². The van der Waals surface area contributed by atoms with Crippen molar-refractivity contribution < 1.29 is 14.3 Å². The molecule has 1 aromatic carbocycles. The van der Waals surface area contributed by atoms with E-state index < -0.39 is 6.10 Å². The van der Waals surface area contributed by atoms with E-state index in [0.29, 0.717) is 17.0 Å². The molecule has 19 heavy (non-hydrogen) atoms. The molecule has 1 unspecified atom stereocenters. The van der Waals surface area contributed by atoms with Gasteiger partial charge in [-0.05, 0) is 17.9 Å². The van der Waals surface area contributed by atoms with Crippen LogP contribution in [0.4, 0.5) is 0 Å². The molecule has 0 aliphatic heterocycles. The van der Waals surface area contributed by atoms with Crippen LogP contribution in [-0.4, -0.2) is 17.7 Å². The van der Waals surface area contributed by atoms with E-state index in [1.165, 1.54) is 0 Å². The predicted octanol–water partition coefficient (Wildman–Crippen LogP) is 2.63. The van der Waals surface area contributed by atoms with Crippen LogP contribution in [0.25, 0.3) is 0 Å². The van der Waals surface area contributed by atoms with Crippen molar-refractivity contribution in [2.45, 2.75) is 33.3 Å². The Morgan fingerprint density at radius 1 is 1.26 bits per heavy atom. The lowest BCUT2D eigenvalue weighted by Crippen LogP contribution is -2.24. The lowest BCUT2D eigenvalue weighted by molar-refractivity contribution is 0.0658. The van der Waals surface area contributed by atoms with Gasteiger partial charge in [0.2, 0.25) is 17.7 Å². The van der Waals surface area contributed by atoms with Gasteiger partial charge >= 0.3 is 0 Å². The van der Waals surface area contributed by atoms with E-state index in [4.69, 9.17) is 4.74 Å². The molecule has 0 bridgehead atoms. The van der Waals surface area contributed by atoms with Crippen LogP contribution in [0.2, 0.25) is 0 Å². The number of hydrogen-bond donors (Lipinski definition) is 0. The van der Waals surface area contributed by atoms with Crippen molar-refractivity contribution in [1.82, 2.24) is 0 Å². The van der Waals surface area contributed by atoms with Crippen molar-refractivity contribution >= 4 is 11.6 Å². The van der Waals surface area contributed by atoms with E-state index in [0.717, 1.165) is 12.0 Å². The van der Waals surface area contributed by atoms with E-state index in [2.05, 4.69) is 25.9 Å². The minimum atomic E-state index is -1.09. The molecule has 98 valence electrons. The Morgan fingerprint density at radius 2 is 2.00 bits per heavy atom. The maximum Gasteiger partial charge on any atom is 0.235 e. The molecule has 0 spiro atoms. The van der Waals surface area contributed by atoms with Gasteiger partial charge in [0, 0.05) is 18.1 Å². The zero-order valence-corrected chi connectivity index (χ0v) is 11.3. The molecule has 1 atom stereocenters. The molecular formula is C16H16O3. The van der Waals surface area contributed by atoms with Crippen molar-refractivity contribution in [3.05, 3.63) is 34.9 Å². The number of ether oxygens (including phenoxy) is 1. The fourth-order valence-electron chi connectivity index (χ4n) is 2.32. The van der Waals surface area contributed by atoms with Gasteiger partial charge in [-0.25, -0.2) is 0 Å². The van der Waals surface area contributed by atoms with Crippen LogP contribution in [0, 0.1) is 17.9 Å². The summed E-state index contributed by atoms with van der Waals surface area (Å²) < 4.78 is 5.06. The molecule has 3 nitrogen and oxygen atoms in total. The van der Waals surface area contributed by atoms with Crippen LogP contribution in [0.5, 0.6) is 0 Å². The van der Waals surface area contributed by atoms with Gasteiger partial charge in [-0.1, -0.05) is 38.0 Å². The van der Waals surface area contributed by atoms with Gasteiger partial charge in [-0.2, -0.15) is 0 Å². The summed E-state index contributed by atoms with van der Waals surface area (Å²) in [6.45, 7) is 5.76. The average molecular weight is 256 g/mol. The standard InChI is InChI=1S/C16H16O3/c1-4-8-19-16-14(17)12-7-5-6-11(9-10(2)3)13(12)15(16)18/h5-7,10,16H,9H2,1-3H3. The smallest absolute Gasteiger partial charge is 0.235 e. The van der Waals surface area contributed by atoms with Gasteiger partial charge in [-0.15, -0.1) is 0 Å². The third kappa shape index (κ3) is 2.39. The Labute approximate surface area is 113 Å². The number of carbonyl (C=O) groups is 2. The summed E-state index contributed by atoms with van der Waals surface area (Å²) in [4.78, 5) is 24.4. The van der Waals surface area contributed by atoms with Gasteiger partial charge in [0.05, 0.1) is 0 Å². The van der Waals surface area contributed by atoms with Gasteiger partial charge in [0.1, 0.15) is 6.11 Å². The molecular weight excluding hydrogens is 240 g/mol. The van der Waals surface area contributed by atoms with E-state index in [1.807, 2.05) is 12.1 Å². The van der Waals surface area contributed by atoms with E-state index >= 15 is 0 Å². The first-order valence-electron chi connectivity index (χ1n) is 6.34. The maximum atomic E-state index is 12.3. The molecule has 1 aliphatic carbocycles. The van der Waals surface area contributed by atoms with Crippen molar-refractivity contribution in [2.24, 2.45) is 5.92 Å². The highest BCUT2D eigenvalue weighted by atomic mass is 16.5. The number of Topliss-reactive ketones (excluding diaryl/α,β-unsaturated/α-hetero) is 2. The van der Waals surface area contributed by atoms with Crippen LogP contribution in [-0.2, 0) is 11.2 Å². The number of carbonyl (C=O) groups excluding carboxylic acids is 2.